The van der Waals surface area contributed by atoms with Crippen LogP contribution in [0.3, 0.4) is 0 Å². The number of nitrogens with one attached hydrogen (secondary N) is 1. The Hall–Kier alpha value is -0.900. The van der Waals surface area contributed by atoms with E-state index in [0.717, 1.165) is 38.8 Å². The number of hydrogen-bond donors (Lipinski definition) is 1. The minimum Gasteiger partial charge on any atom is -0.377 e. The summed E-state index contributed by atoms with van der Waals surface area (Å²) in [5.41, 5.74) is 1.38. The van der Waals surface area contributed by atoms with Gasteiger partial charge in [-0.3, -0.25) is 0 Å². The molecule has 1 aliphatic rings. The first-order valence-corrected chi connectivity index (χ1v) is 7.77. The Balaban J connectivity index is 1.60. The topological polar surface area (TPSA) is 30.5 Å². The second-order valence-corrected chi connectivity index (χ2v) is 5.50. The summed E-state index contributed by atoms with van der Waals surface area (Å²) in [5, 5.41) is 3.51. The number of methoxy groups -OCH3 is 1. The monoisotopic (exact) mass is 277 g/mol. The Morgan fingerprint density at radius 1 is 1.25 bits per heavy atom. The lowest BCUT2D eigenvalue weighted by Crippen LogP contribution is -2.59. The van der Waals surface area contributed by atoms with Crippen molar-refractivity contribution in [3.05, 3.63) is 35.9 Å². The zero-order valence-electron chi connectivity index (χ0n) is 12.7. The lowest BCUT2D eigenvalue weighted by molar-refractivity contribution is -0.134. The van der Waals surface area contributed by atoms with Gasteiger partial charge in [-0.1, -0.05) is 37.3 Å². The molecule has 1 aromatic carbocycles. The van der Waals surface area contributed by atoms with E-state index < -0.39 is 0 Å². The van der Waals surface area contributed by atoms with Gasteiger partial charge in [0.25, 0.3) is 0 Å². The Bertz CT molecular complexity index is 369. The first-order valence-electron chi connectivity index (χ1n) is 7.77. The highest BCUT2D eigenvalue weighted by atomic mass is 16.5. The normalized spacial score (nSPS) is 25.4. The van der Waals surface area contributed by atoms with Gasteiger partial charge in [0.1, 0.15) is 0 Å². The van der Waals surface area contributed by atoms with Gasteiger partial charge < -0.3 is 14.8 Å². The predicted molar refractivity (Wildman–Crippen MR) is 82.0 cm³/mol. The molecule has 0 radical (unpaired) electrons. The number of ether oxygens (including phenoxy) is 2. The highest BCUT2D eigenvalue weighted by Gasteiger charge is 2.41. The molecule has 2 rings (SSSR count). The van der Waals surface area contributed by atoms with Gasteiger partial charge in [-0.05, 0) is 37.8 Å². The predicted octanol–water partition coefficient (Wildman–Crippen LogP) is 2.79. The minimum atomic E-state index is 0.221. The van der Waals surface area contributed by atoms with Crippen LogP contribution in [0.1, 0.15) is 31.7 Å². The molecule has 112 valence electrons. The van der Waals surface area contributed by atoms with Crippen LogP contribution < -0.4 is 5.32 Å². The van der Waals surface area contributed by atoms with E-state index in [1.54, 1.807) is 7.11 Å². The zero-order chi connectivity index (χ0) is 14.2. The van der Waals surface area contributed by atoms with E-state index in [-0.39, 0.29) is 12.2 Å². The van der Waals surface area contributed by atoms with Crippen molar-refractivity contribution in [2.24, 2.45) is 0 Å². The van der Waals surface area contributed by atoms with E-state index in [9.17, 15) is 0 Å². The van der Waals surface area contributed by atoms with Gasteiger partial charge in [-0.15, -0.1) is 0 Å². The molecule has 0 bridgehead atoms. The number of rotatable bonds is 9. The summed E-state index contributed by atoms with van der Waals surface area (Å²) in [7, 11) is 1.78. The average molecular weight is 277 g/mol. The van der Waals surface area contributed by atoms with Gasteiger partial charge >= 0.3 is 0 Å². The molecule has 1 N–H and O–H groups in total. The Morgan fingerprint density at radius 3 is 2.75 bits per heavy atom. The van der Waals surface area contributed by atoms with E-state index >= 15 is 0 Å². The van der Waals surface area contributed by atoms with Crippen molar-refractivity contribution < 1.29 is 9.47 Å². The molecule has 0 spiro atoms. The Labute approximate surface area is 122 Å². The fourth-order valence-corrected chi connectivity index (χ4v) is 2.75. The molecular weight excluding hydrogens is 250 g/mol. The van der Waals surface area contributed by atoms with Crippen molar-refractivity contribution in [1.29, 1.82) is 0 Å². The van der Waals surface area contributed by atoms with E-state index in [2.05, 4.69) is 42.6 Å². The third-order valence-corrected chi connectivity index (χ3v) is 3.96. The van der Waals surface area contributed by atoms with Crippen LogP contribution in [0.15, 0.2) is 30.3 Å². The molecule has 1 aromatic rings. The summed E-state index contributed by atoms with van der Waals surface area (Å²) < 4.78 is 11.5. The second kappa shape index (κ2) is 8.40. The molecule has 1 saturated carbocycles. The van der Waals surface area contributed by atoms with Crippen molar-refractivity contribution in [3.63, 3.8) is 0 Å². The molecule has 0 aliphatic heterocycles. The van der Waals surface area contributed by atoms with E-state index in [1.807, 2.05) is 0 Å². The average Bonchev–Trinajstić information content (AvgIpc) is 2.46. The van der Waals surface area contributed by atoms with Crippen LogP contribution in [0.2, 0.25) is 0 Å². The molecule has 0 saturated heterocycles. The van der Waals surface area contributed by atoms with Crippen molar-refractivity contribution in [2.45, 2.75) is 50.9 Å². The molecule has 0 aromatic heterocycles. The first kappa shape index (κ1) is 15.5. The maximum Gasteiger partial charge on any atom is 0.0986 e. The van der Waals surface area contributed by atoms with Crippen molar-refractivity contribution in [1.82, 2.24) is 5.32 Å². The van der Waals surface area contributed by atoms with Gasteiger partial charge in [0.05, 0.1) is 12.2 Å². The summed E-state index contributed by atoms with van der Waals surface area (Å²) in [4.78, 5) is 0. The summed E-state index contributed by atoms with van der Waals surface area (Å²) in [6, 6.07) is 11.1. The van der Waals surface area contributed by atoms with E-state index in [4.69, 9.17) is 9.47 Å². The lowest BCUT2D eigenvalue weighted by atomic mass is 9.85. The molecule has 3 heteroatoms. The van der Waals surface area contributed by atoms with Gasteiger partial charge in [0, 0.05) is 19.8 Å². The molecule has 0 amide bonds. The van der Waals surface area contributed by atoms with Gasteiger partial charge in [-0.2, -0.15) is 0 Å². The van der Waals surface area contributed by atoms with Crippen LogP contribution >= 0.6 is 0 Å². The summed E-state index contributed by atoms with van der Waals surface area (Å²) in [6.07, 6.45) is 4.88. The maximum absolute atomic E-state index is 5.95. The van der Waals surface area contributed by atoms with Crippen LogP contribution in [0, 0.1) is 0 Å². The number of benzene rings is 1. The van der Waals surface area contributed by atoms with E-state index in [1.165, 1.54) is 5.56 Å². The third kappa shape index (κ3) is 4.30. The van der Waals surface area contributed by atoms with Gasteiger partial charge in [-0.25, -0.2) is 0 Å². The first-order chi connectivity index (χ1) is 9.85. The van der Waals surface area contributed by atoms with Crippen molar-refractivity contribution in [3.8, 4) is 0 Å². The van der Waals surface area contributed by atoms with Gasteiger partial charge in [0.2, 0.25) is 0 Å². The fraction of sp³-hybridized carbons (Fsp3) is 0.647. The second-order valence-electron chi connectivity index (χ2n) is 5.50. The largest absolute Gasteiger partial charge is 0.377 e. The summed E-state index contributed by atoms with van der Waals surface area (Å²) in [5.74, 6) is 0. The molecule has 1 fully saturated rings. The molecule has 3 atom stereocenters. The maximum atomic E-state index is 5.95. The van der Waals surface area contributed by atoms with Crippen LogP contribution in [0.4, 0.5) is 0 Å². The lowest BCUT2D eigenvalue weighted by Gasteiger charge is -2.43. The Kier molecular flexibility index (Phi) is 6.51. The summed E-state index contributed by atoms with van der Waals surface area (Å²) >= 11 is 0. The zero-order valence-corrected chi connectivity index (χ0v) is 12.7. The molecular formula is C17H27NO2. The molecule has 1 aliphatic carbocycles. The fourth-order valence-electron chi connectivity index (χ4n) is 2.75. The van der Waals surface area contributed by atoms with Crippen molar-refractivity contribution in [2.75, 3.05) is 20.3 Å². The quantitative estimate of drug-likeness (QED) is 0.704. The van der Waals surface area contributed by atoms with Crippen molar-refractivity contribution >= 4 is 0 Å². The number of aryl methyl sites for hydroxylation is 1. The summed E-state index contributed by atoms with van der Waals surface area (Å²) in [6.45, 7) is 4.07. The van der Waals surface area contributed by atoms with Crippen LogP contribution in [0.25, 0.3) is 0 Å². The SMILES string of the molecule is CCCNC1CC(OCCCc2ccccc2)C1OC. The van der Waals surface area contributed by atoms with Crippen LogP contribution in [-0.2, 0) is 15.9 Å². The minimum absolute atomic E-state index is 0.221. The highest BCUT2D eigenvalue weighted by molar-refractivity contribution is 5.14. The third-order valence-electron chi connectivity index (χ3n) is 3.96. The molecule has 3 unspecified atom stereocenters. The molecule has 3 nitrogen and oxygen atoms in total. The Morgan fingerprint density at radius 2 is 2.05 bits per heavy atom. The van der Waals surface area contributed by atoms with E-state index in [0.29, 0.717) is 6.04 Å². The smallest absolute Gasteiger partial charge is 0.0986 e. The van der Waals surface area contributed by atoms with Crippen LogP contribution in [0.5, 0.6) is 0 Å². The van der Waals surface area contributed by atoms with Gasteiger partial charge in [0.15, 0.2) is 0 Å². The molecule has 0 heterocycles. The highest BCUT2D eigenvalue weighted by Crippen LogP contribution is 2.27. The molecule has 20 heavy (non-hydrogen) atoms. The standard InChI is InChI=1S/C17H27NO2/c1-3-11-18-15-13-16(17(15)19-2)20-12-7-10-14-8-5-4-6-9-14/h4-6,8-9,15-18H,3,7,10-13H2,1-2H3. The van der Waals surface area contributed by atoms with Crippen LogP contribution in [-0.4, -0.2) is 38.5 Å². The number of hydrogen-bond acceptors (Lipinski definition) is 3.